The lowest BCUT2D eigenvalue weighted by Crippen LogP contribution is -2.12. The minimum Gasteiger partial charge on any atom is -0.497 e. The molecule has 160 valence electrons. The maximum Gasteiger partial charge on any atom is 0.209 e. The summed E-state index contributed by atoms with van der Waals surface area (Å²) in [6, 6.07) is 15.0. The third kappa shape index (κ3) is 6.75. The summed E-state index contributed by atoms with van der Waals surface area (Å²) < 4.78 is 12.3. The maximum absolute atomic E-state index is 12.1. The zero-order valence-corrected chi connectivity index (χ0v) is 18.2. The van der Waals surface area contributed by atoms with Gasteiger partial charge < -0.3 is 15.3 Å². The van der Waals surface area contributed by atoms with Gasteiger partial charge in [0, 0.05) is 5.75 Å². The first-order chi connectivity index (χ1) is 15.0. The van der Waals surface area contributed by atoms with Crippen molar-refractivity contribution in [3.05, 3.63) is 77.6 Å². The number of rotatable bonds is 10. The van der Waals surface area contributed by atoms with E-state index in [0.29, 0.717) is 23.3 Å². The summed E-state index contributed by atoms with van der Waals surface area (Å²) in [5, 5.41) is 8.57. The van der Waals surface area contributed by atoms with Gasteiger partial charge in [0.25, 0.3) is 0 Å². The average Bonchev–Trinajstić information content (AvgIpc) is 3.12. The van der Waals surface area contributed by atoms with Crippen LogP contribution in [-0.4, -0.2) is 40.1 Å². The lowest BCUT2D eigenvalue weighted by molar-refractivity contribution is -0.110. The number of hydrogen-bond acceptors (Lipinski definition) is 7. The number of nitrogens with zero attached hydrogens (tertiary/aromatic N) is 3. The third-order valence-corrected chi connectivity index (χ3v) is 5.20. The van der Waals surface area contributed by atoms with Crippen LogP contribution in [-0.2, 0) is 4.79 Å². The van der Waals surface area contributed by atoms with E-state index in [4.69, 9.17) is 15.3 Å². The Bertz CT molecular complexity index is 1060. The molecule has 0 bridgehead atoms. The molecule has 2 aromatic carbocycles. The molecule has 1 aromatic heterocycles. The van der Waals surface area contributed by atoms with E-state index < -0.39 is 0 Å². The van der Waals surface area contributed by atoms with Crippen molar-refractivity contribution in [2.75, 3.05) is 25.3 Å². The van der Waals surface area contributed by atoms with Gasteiger partial charge in [-0.15, -0.1) is 10.2 Å². The molecule has 0 saturated heterocycles. The van der Waals surface area contributed by atoms with Crippen LogP contribution >= 0.6 is 11.8 Å². The van der Waals surface area contributed by atoms with E-state index in [1.807, 2.05) is 48.5 Å². The van der Waals surface area contributed by atoms with E-state index >= 15 is 0 Å². The summed E-state index contributed by atoms with van der Waals surface area (Å²) in [6.07, 6.45) is 6.63. The van der Waals surface area contributed by atoms with Gasteiger partial charge in [0.05, 0.1) is 13.7 Å². The van der Waals surface area contributed by atoms with Crippen molar-refractivity contribution in [3.63, 3.8) is 0 Å². The Hall–Kier alpha value is -3.52. The van der Waals surface area contributed by atoms with E-state index in [2.05, 4.69) is 10.2 Å². The summed E-state index contributed by atoms with van der Waals surface area (Å²) in [5.41, 5.74) is 1.85. The third-order valence-electron chi connectivity index (χ3n) is 4.29. The largest absolute Gasteiger partial charge is 0.497 e. The predicted molar refractivity (Wildman–Crippen MR) is 124 cm³/mol. The molecular weight excluding hydrogens is 412 g/mol. The molecule has 0 atom stereocenters. The highest BCUT2D eigenvalue weighted by molar-refractivity contribution is 7.99. The van der Waals surface area contributed by atoms with E-state index in [0.717, 1.165) is 22.6 Å². The fourth-order valence-electron chi connectivity index (χ4n) is 2.54. The number of hydrogen-bond donors (Lipinski definition) is 1. The van der Waals surface area contributed by atoms with Crippen molar-refractivity contribution in [3.8, 4) is 11.5 Å². The number of methoxy groups -OCH3 is 1. The molecule has 2 N–H and O–H groups in total. The molecule has 0 radical (unpaired) electrons. The predicted octanol–water partition coefficient (Wildman–Crippen LogP) is 3.78. The van der Waals surface area contributed by atoms with Crippen molar-refractivity contribution < 1.29 is 14.3 Å². The molecule has 0 aliphatic heterocycles. The standard InChI is InChI=1S/C23H24N4O3S/c1-17-25-26-23(27(17)24)31-16-15-30-22-13-7-19(8-14-22)4-10-20(28)9-3-18-5-11-21(29-2)12-6-18/h3-14H,15-16,24H2,1-2H3. The summed E-state index contributed by atoms with van der Waals surface area (Å²) in [5.74, 6) is 8.63. The first-order valence-electron chi connectivity index (χ1n) is 9.62. The monoisotopic (exact) mass is 436 g/mol. The molecule has 3 rings (SSSR count). The van der Waals surface area contributed by atoms with Crippen molar-refractivity contribution in [2.24, 2.45) is 0 Å². The summed E-state index contributed by atoms with van der Waals surface area (Å²) >= 11 is 1.48. The van der Waals surface area contributed by atoms with Crippen LogP contribution < -0.4 is 15.3 Å². The van der Waals surface area contributed by atoms with Gasteiger partial charge in [-0.3, -0.25) is 4.79 Å². The minimum atomic E-state index is -0.0869. The molecule has 1 heterocycles. The molecule has 3 aromatic rings. The van der Waals surface area contributed by atoms with Gasteiger partial charge in [-0.2, -0.15) is 0 Å². The molecule has 0 amide bonds. The highest BCUT2D eigenvalue weighted by atomic mass is 32.2. The Kier molecular flexibility index (Phi) is 7.89. The first kappa shape index (κ1) is 22.2. The second-order valence-electron chi connectivity index (χ2n) is 6.51. The highest BCUT2D eigenvalue weighted by Crippen LogP contribution is 2.17. The van der Waals surface area contributed by atoms with E-state index in [9.17, 15) is 4.79 Å². The maximum atomic E-state index is 12.1. The van der Waals surface area contributed by atoms with Gasteiger partial charge in [0.1, 0.15) is 17.3 Å². The molecule has 31 heavy (non-hydrogen) atoms. The molecule has 0 unspecified atom stereocenters. The zero-order valence-electron chi connectivity index (χ0n) is 17.4. The Labute approximate surface area is 185 Å². The van der Waals surface area contributed by atoms with E-state index in [1.54, 1.807) is 26.2 Å². The van der Waals surface area contributed by atoms with Crippen molar-refractivity contribution in [1.82, 2.24) is 14.9 Å². The topological polar surface area (TPSA) is 92.3 Å². The van der Waals surface area contributed by atoms with Crippen molar-refractivity contribution in [1.29, 1.82) is 0 Å². The van der Waals surface area contributed by atoms with Crippen molar-refractivity contribution >= 4 is 29.7 Å². The molecule has 0 aliphatic carbocycles. The van der Waals surface area contributed by atoms with Crippen LogP contribution in [0.2, 0.25) is 0 Å². The first-order valence-corrected chi connectivity index (χ1v) is 10.6. The number of carbonyl (C=O) groups excluding carboxylic acids is 1. The molecule has 0 saturated carbocycles. The second kappa shape index (κ2) is 11.0. The fourth-order valence-corrected chi connectivity index (χ4v) is 3.26. The zero-order chi connectivity index (χ0) is 22.1. The molecule has 0 fully saturated rings. The Balaban J connectivity index is 1.43. The number of allylic oxidation sites excluding steroid dienone is 2. The molecule has 7 nitrogen and oxygen atoms in total. The van der Waals surface area contributed by atoms with Gasteiger partial charge in [-0.1, -0.05) is 48.2 Å². The van der Waals surface area contributed by atoms with Crippen LogP contribution in [0.4, 0.5) is 0 Å². The molecular formula is C23H24N4O3S. The van der Waals surface area contributed by atoms with Gasteiger partial charge in [-0.05, 0) is 54.5 Å². The van der Waals surface area contributed by atoms with Crippen LogP contribution in [0.25, 0.3) is 12.2 Å². The summed E-state index contributed by atoms with van der Waals surface area (Å²) in [7, 11) is 1.62. The van der Waals surface area contributed by atoms with Crippen LogP contribution in [0.5, 0.6) is 11.5 Å². The average molecular weight is 437 g/mol. The lowest BCUT2D eigenvalue weighted by atomic mass is 10.1. The number of thioether (sulfide) groups is 1. The number of benzene rings is 2. The van der Waals surface area contributed by atoms with Crippen LogP contribution in [0.3, 0.4) is 0 Å². The fraction of sp³-hybridized carbons (Fsp3) is 0.174. The number of aryl methyl sites for hydroxylation is 1. The molecule has 8 heteroatoms. The van der Waals surface area contributed by atoms with Crippen LogP contribution in [0, 0.1) is 6.92 Å². The highest BCUT2D eigenvalue weighted by Gasteiger charge is 2.06. The number of ketones is 1. The Morgan fingerprint density at radius 1 is 1.00 bits per heavy atom. The Morgan fingerprint density at radius 3 is 2.10 bits per heavy atom. The van der Waals surface area contributed by atoms with Gasteiger partial charge in [0.2, 0.25) is 5.16 Å². The number of aromatic nitrogens is 3. The number of nitrogen functional groups attached to an aromatic ring is 1. The second-order valence-corrected chi connectivity index (χ2v) is 7.57. The molecule has 0 aliphatic rings. The molecule has 0 spiro atoms. The van der Waals surface area contributed by atoms with Crippen molar-refractivity contribution in [2.45, 2.75) is 12.1 Å². The lowest BCUT2D eigenvalue weighted by Gasteiger charge is -2.06. The SMILES string of the molecule is COc1ccc(C=CC(=O)C=Cc2ccc(OCCSc3nnc(C)n3N)cc2)cc1. The van der Waals surface area contributed by atoms with Crippen LogP contribution in [0.15, 0.2) is 65.8 Å². The van der Waals surface area contributed by atoms with E-state index in [-0.39, 0.29) is 5.78 Å². The summed E-state index contributed by atoms with van der Waals surface area (Å²) in [6.45, 7) is 2.31. The number of carbonyl (C=O) groups is 1. The Morgan fingerprint density at radius 2 is 1.58 bits per heavy atom. The number of nitrogens with two attached hydrogens (primary N) is 1. The van der Waals surface area contributed by atoms with Crippen LogP contribution in [0.1, 0.15) is 17.0 Å². The quantitative estimate of drug-likeness (QED) is 0.224. The van der Waals surface area contributed by atoms with E-state index in [1.165, 1.54) is 28.6 Å². The summed E-state index contributed by atoms with van der Waals surface area (Å²) in [4.78, 5) is 12.1. The minimum absolute atomic E-state index is 0.0869. The number of ether oxygens (including phenoxy) is 2. The normalized spacial score (nSPS) is 11.3. The smallest absolute Gasteiger partial charge is 0.209 e. The van der Waals surface area contributed by atoms with Gasteiger partial charge in [0.15, 0.2) is 5.78 Å². The van der Waals surface area contributed by atoms with Gasteiger partial charge >= 0.3 is 0 Å². The van der Waals surface area contributed by atoms with Gasteiger partial charge in [-0.25, -0.2) is 4.68 Å².